The van der Waals surface area contributed by atoms with Gasteiger partial charge in [-0.3, -0.25) is 15.0 Å². The van der Waals surface area contributed by atoms with E-state index < -0.39 is 0 Å². The first-order valence-corrected chi connectivity index (χ1v) is 8.68. The highest BCUT2D eigenvalue weighted by Crippen LogP contribution is 2.28. The van der Waals surface area contributed by atoms with Crippen molar-refractivity contribution in [2.24, 2.45) is 0 Å². The summed E-state index contributed by atoms with van der Waals surface area (Å²) in [6.07, 6.45) is 0. The first-order valence-electron chi connectivity index (χ1n) is 7.86. The lowest BCUT2D eigenvalue weighted by Crippen LogP contribution is -2.29. The number of amides is 1. The van der Waals surface area contributed by atoms with Crippen LogP contribution < -0.4 is 5.32 Å². The van der Waals surface area contributed by atoms with Gasteiger partial charge in [0.25, 0.3) is 0 Å². The van der Waals surface area contributed by atoms with Crippen molar-refractivity contribution in [1.29, 1.82) is 0 Å². The van der Waals surface area contributed by atoms with E-state index in [-0.39, 0.29) is 18.3 Å². The minimum Gasteiger partial charge on any atom is -0.299 e. The molecule has 2 aromatic carbocycles. The molecule has 25 heavy (non-hydrogen) atoms. The van der Waals surface area contributed by atoms with Crippen LogP contribution in [0.15, 0.2) is 48.5 Å². The van der Waals surface area contributed by atoms with E-state index in [1.54, 1.807) is 18.2 Å². The highest BCUT2D eigenvalue weighted by Gasteiger charge is 2.21. The van der Waals surface area contributed by atoms with Crippen LogP contribution in [0.25, 0.3) is 10.6 Å². The number of rotatable bonds is 4. The average molecular weight is 354 g/mol. The normalized spacial score (nSPS) is 13.6. The van der Waals surface area contributed by atoms with E-state index in [9.17, 15) is 9.18 Å². The summed E-state index contributed by atoms with van der Waals surface area (Å²) in [5.74, 6) is -0.504. The Kier molecular flexibility index (Phi) is 4.25. The number of benzene rings is 2. The predicted molar refractivity (Wildman–Crippen MR) is 94.5 cm³/mol. The number of aromatic nitrogens is 2. The Bertz CT molecular complexity index is 902. The van der Waals surface area contributed by atoms with Gasteiger partial charge in [-0.2, -0.15) is 0 Å². The van der Waals surface area contributed by atoms with Crippen molar-refractivity contribution in [2.75, 3.05) is 11.9 Å². The summed E-state index contributed by atoms with van der Waals surface area (Å²) < 4.78 is 13.8. The van der Waals surface area contributed by atoms with Crippen molar-refractivity contribution in [3.8, 4) is 10.6 Å². The molecule has 1 aliphatic rings. The molecule has 7 heteroatoms. The summed E-state index contributed by atoms with van der Waals surface area (Å²) in [4.78, 5) is 14.3. The molecule has 0 saturated heterocycles. The number of carbonyl (C=O) groups excluding carboxylic acids is 1. The van der Waals surface area contributed by atoms with Crippen LogP contribution in [0.3, 0.4) is 0 Å². The molecule has 126 valence electrons. The zero-order valence-electron chi connectivity index (χ0n) is 13.3. The van der Waals surface area contributed by atoms with Crippen molar-refractivity contribution >= 4 is 22.4 Å². The van der Waals surface area contributed by atoms with Crippen molar-refractivity contribution in [1.82, 2.24) is 15.1 Å². The predicted octanol–water partition coefficient (Wildman–Crippen LogP) is 3.30. The van der Waals surface area contributed by atoms with Crippen LogP contribution >= 0.6 is 11.3 Å². The first-order chi connectivity index (χ1) is 12.2. The molecule has 0 bridgehead atoms. The molecule has 4 rings (SSSR count). The van der Waals surface area contributed by atoms with Gasteiger partial charge < -0.3 is 0 Å². The largest absolute Gasteiger partial charge is 0.299 e. The number of halogens is 1. The molecule has 0 spiro atoms. The van der Waals surface area contributed by atoms with Gasteiger partial charge in [-0.15, -0.1) is 10.2 Å². The number of anilines is 1. The molecule has 0 fully saturated rings. The molecule has 1 N–H and O–H groups in total. The minimum atomic E-state index is -0.355. The van der Waals surface area contributed by atoms with Crippen molar-refractivity contribution in [3.63, 3.8) is 0 Å². The lowest BCUT2D eigenvalue weighted by Gasteiger charge is -2.13. The van der Waals surface area contributed by atoms with Crippen molar-refractivity contribution < 1.29 is 9.18 Å². The Labute approximate surface area is 148 Å². The molecular weight excluding hydrogens is 339 g/mol. The first kappa shape index (κ1) is 15.9. The van der Waals surface area contributed by atoms with E-state index in [4.69, 9.17) is 0 Å². The molecule has 0 atom stereocenters. The van der Waals surface area contributed by atoms with Gasteiger partial charge in [-0.25, -0.2) is 4.39 Å². The SMILES string of the molecule is O=C(CN1Cc2ccccc2C1)Nc1nnc(-c2ccccc2F)s1. The fraction of sp³-hybridized carbons (Fsp3) is 0.167. The Morgan fingerprint density at radius 2 is 1.76 bits per heavy atom. The van der Waals surface area contributed by atoms with Gasteiger partial charge in [0, 0.05) is 18.7 Å². The molecule has 0 aliphatic carbocycles. The van der Waals surface area contributed by atoms with E-state index in [1.165, 1.54) is 17.2 Å². The number of hydrogen-bond donors (Lipinski definition) is 1. The Hall–Kier alpha value is -2.64. The average Bonchev–Trinajstić information content (AvgIpc) is 3.21. The van der Waals surface area contributed by atoms with E-state index in [0.29, 0.717) is 15.7 Å². The van der Waals surface area contributed by atoms with E-state index in [2.05, 4.69) is 32.5 Å². The number of nitrogens with one attached hydrogen (secondary N) is 1. The van der Waals surface area contributed by atoms with Gasteiger partial charge in [0.15, 0.2) is 5.01 Å². The maximum atomic E-state index is 13.8. The van der Waals surface area contributed by atoms with Gasteiger partial charge in [0.1, 0.15) is 5.82 Å². The lowest BCUT2D eigenvalue weighted by molar-refractivity contribution is -0.117. The van der Waals surface area contributed by atoms with Crippen LogP contribution in [0, 0.1) is 5.82 Å². The van der Waals surface area contributed by atoms with E-state index >= 15 is 0 Å². The van der Waals surface area contributed by atoms with Crippen LogP contribution in [0.1, 0.15) is 11.1 Å². The second-order valence-corrected chi connectivity index (χ2v) is 6.83. The summed E-state index contributed by atoms with van der Waals surface area (Å²) in [6, 6.07) is 14.6. The second-order valence-electron chi connectivity index (χ2n) is 5.85. The van der Waals surface area contributed by atoms with Gasteiger partial charge in [0.05, 0.1) is 6.54 Å². The zero-order valence-corrected chi connectivity index (χ0v) is 14.1. The van der Waals surface area contributed by atoms with Gasteiger partial charge in [0.2, 0.25) is 11.0 Å². The zero-order chi connectivity index (χ0) is 17.2. The molecule has 0 unspecified atom stereocenters. The maximum Gasteiger partial charge on any atom is 0.240 e. The molecule has 1 aliphatic heterocycles. The Morgan fingerprint density at radius 1 is 1.08 bits per heavy atom. The third-order valence-corrected chi connectivity index (χ3v) is 4.92. The van der Waals surface area contributed by atoms with Crippen LogP contribution in [-0.2, 0) is 17.9 Å². The van der Waals surface area contributed by atoms with Gasteiger partial charge >= 0.3 is 0 Å². The second kappa shape index (κ2) is 6.70. The molecule has 0 radical (unpaired) electrons. The van der Waals surface area contributed by atoms with Crippen LogP contribution in [0.4, 0.5) is 9.52 Å². The monoisotopic (exact) mass is 354 g/mol. The summed E-state index contributed by atoms with van der Waals surface area (Å²) in [6.45, 7) is 1.81. The topological polar surface area (TPSA) is 58.1 Å². The Morgan fingerprint density at radius 3 is 2.48 bits per heavy atom. The number of hydrogen-bond acceptors (Lipinski definition) is 5. The molecular formula is C18H15FN4OS. The maximum absolute atomic E-state index is 13.8. The van der Waals surface area contributed by atoms with E-state index in [1.807, 2.05) is 12.1 Å². The minimum absolute atomic E-state index is 0.149. The number of nitrogens with zero attached hydrogens (tertiary/aromatic N) is 3. The van der Waals surface area contributed by atoms with Gasteiger partial charge in [-0.1, -0.05) is 47.7 Å². The fourth-order valence-electron chi connectivity index (χ4n) is 2.89. The quantitative estimate of drug-likeness (QED) is 0.781. The molecule has 1 aromatic heterocycles. The molecule has 5 nitrogen and oxygen atoms in total. The fourth-order valence-corrected chi connectivity index (χ4v) is 3.68. The molecule has 0 saturated carbocycles. The summed E-state index contributed by atoms with van der Waals surface area (Å²) in [5, 5.41) is 11.5. The summed E-state index contributed by atoms with van der Waals surface area (Å²) in [7, 11) is 0. The van der Waals surface area contributed by atoms with Crippen LogP contribution in [-0.4, -0.2) is 27.5 Å². The summed E-state index contributed by atoms with van der Waals surface area (Å²) >= 11 is 1.16. The Balaban J connectivity index is 1.39. The molecule has 3 aromatic rings. The summed E-state index contributed by atoms with van der Waals surface area (Å²) in [5.41, 5.74) is 2.90. The van der Waals surface area contributed by atoms with Gasteiger partial charge in [-0.05, 0) is 23.3 Å². The van der Waals surface area contributed by atoms with Crippen LogP contribution in [0.5, 0.6) is 0 Å². The highest BCUT2D eigenvalue weighted by molar-refractivity contribution is 7.18. The highest BCUT2D eigenvalue weighted by atomic mass is 32.1. The number of carbonyl (C=O) groups is 1. The van der Waals surface area contributed by atoms with Crippen molar-refractivity contribution in [2.45, 2.75) is 13.1 Å². The molecule has 1 amide bonds. The lowest BCUT2D eigenvalue weighted by atomic mass is 10.1. The van der Waals surface area contributed by atoms with E-state index in [0.717, 1.165) is 24.4 Å². The number of fused-ring (bicyclic) bond motifs is 1. The third kappa shape index (κ3) is 3.42. The van der Waals surface area contributed by atoms with Crippen molar-refractivity contribution in [3.05, 3.63) is 65.5 Å². The molecule has 2 heterocycles. The standard InChI is InChI=1S/C18H15FN4OS/c19-15-8-4-3-7-14(15)17-21-22-18(25-17)20-16(24)11-23-9-12-5-1-2-6-13(12)10-23/h1-8H,9-11H2,(H,20,22,24). The third-order valence-electron chi connectivity index (χ3n) is 4.05. The van der Waals surface area contributed by atoms with Crippen LogP contribution in [0.2, 0.25) is 0 Å². The smallest absolute Gasteiger partial charge is 0.240 e.